The Balaban J connectivity index is 1.42. The van der Waals surface area contributed by atoms with Crippen molar-refractivity contribution in [3.8, 4) is 11.3 Å². The standard InChI is InChI=1S/C23H26N6/c1-16(17-5-3-2-4-6-17)26-19-7-8-22-21(13-19)23(28-27-22)18-14-25-29(15-18)20-9-11-24-12-10-20/h2-8,13-16,20,24,26H,9-12H2,1H3,(H,27,28). The predicted molar refractivity (Wildman–Crippen MR) is 117 cm³/mol. The molecule has 29 heavy (non-hydrogen) atoms. The Bertz CT molecular complexity index is 1090. The first-order valence-electron chi connectivity index (χ1n) is 10.3. The van der Waals surface area contributed by atoms with Crippen LogP contribution in [0.3, 0.4) is 0 Å². The summed E-state index contributed by atoms with van der Waals surface area (Å²) in [6.45, 7) is 4.29. The molecular weight excluding hydrogens is 360 g/mol. The number of rotatable bonds is 5. The van der Waals surface area contributed by atoms with Gasteiger partial charge in [-0.3, -0.25) is 9.78 Å². The molecule has 0 amide bonds. The zero-order valence-electron chi connectivity index (χ0n) is 16.6. The van der Waals surface area contributed by atoms with Crippen LogP contribution >= 0.6 is 0 Å². The lowest BCUT2D eigenvalue weighted by Crippen LogP contribution is -2.29. The highest BCUT2D eigenvalue weighted by Gasteiger charge is 2.18. The predicted octanol–water partition coefficient (Wildman–Crippen LogP) is 4.52. The van der Waals surface area contributed by atoms with Gasteiger partial charge in [0.2, 0.25) is 0 Å². The molecule has 1 aliphatic rings. The third-order valence-electron chi connectivity index (χ3n) is 5.80. The summed E-state index contributed by atoms with van der Waals surface area (Å²) in [7, 11) is 0. The average molecular weight is 387 g/mol. The molecule has 0 radical (unpaired) electrons. The minimum absolute atomic E-state index is 0.228. The highest BCUT2D eigenvalue weighted by Crippen LogP contribution is 2.30. The number of hydrogen-bond donors (Lipinski definition) is 3. The number of anilines is 1. The van der Waals surface area contributed by atoms with Crippen molar-refractivity contribution in [3.05, 3.63) is 66.5 Å². The van der Waals surface area contributed by atoms with Crippen molar-refractivity contribution in [3.63, 3.8) is 0 Å². The number of hydrogen-bond acceptors (Lipinski definition) is 4. The van der Waals surface area contributed by atoms with Gasteiger partial charge >= 0.3 is 0 Å². The van der Waals surface area contributed by atoms with Crippen LogP contribution in [0.25, 0.3) is 22.2 Å². The molecule has 6 heteroatoms. The second-order valence-corrected chi connectivity index (χ2v) is 7.80. The summed E-state index contributed by atoms with van der Waals surface area (Å²) in [4.78, 5) is 0. The average Bonchev–Trinajstić information content (AvgIpc) is 3.42. The Hall–Kier alpha value is -3.12. The molecule has 0 aliphatic carbocycles. The van der Waals surface area contributed by atoms with E-state index < -0.39 is 0 Å². The van der Waals surface area contributed by atoms with Gasteiger partial charge in [-0.15, -0.1) is 0 Å². The third kappa shape index (κ3) is 3.63. The van der Waals surface area contributed by atoms with Crippen LogP contribution in [0.2, 0.25) is 0 Å². The summed E-state index contributed by atoms with van der Waals surface area (Å²) in [5, 5.41) is 20.5. The lowest BCUT2D eigenvalue weighted by Gasteiger charge is -2.22. The van der Waals surface area contributed by atoms with E-state index >= 15 is 0 Å². The van der Waals surface area contributed by atoms with Gasteiger partial charge in [0.15, 0.2) is 0 Å². The number of H-pyrrole nitrogens is 1. The Morgan fingerprint density at radius 2 is 1.93 bits per heavy atom. The highest BCUT2D eigenvalue weighted by molar-refractivity contribution is 5.94. The first-order valence-corrected chi connectivity index (χ1v) is 10.3. The fourth-order valence-corrected chi connectivity index (χ4v) is 4.13. The zero-order chi connectivity index (χ0) is 19.6. The minimum atomic E-state index is 0.228. The molecule has 5 rings (SSSR count). The minimum Gasteiger partial charge on any atom is -0.379 e. The van der Waals surface area contributed by atoms with Crippen LogP contribution in [-0.2, 0) is 0 Å². The number of nitrogens with one attached hydrogen (secondary N) is 3. The van der Waals surface area contributed by atoms with Crippen molar-refractivity contribution >= 4 is 16.6 Å². The lowest BCUT2D eigenvalue weighted by molar-refractivity contribution is 0.343. The van der Waals surface area contributed by atoms with Crippen molar-refractivity contribution in [1.82, 2.24) is 25.3 Å². The van der Waals surface area contributed by atoms with Crippen LogP contribution in [0.4, 0.5) is 5.69 Å². The van der Waals surface area contributed by atoms with Crippen LogP contribution in [0.1, 0.15) is 37.4 Å². The molecule has 3 N–H and O–H groups in total. The van der Waals surface area contributed by atoms with Gasteiger partial charge in [0.05, 0.1) is 17.8 Å². The second-order valence-electron chi connectivity index (χ2n) is 7.80. The van der Waals surface area contributed by atoms with E-state index in [0.29, 0.717) is 6.04 Å². The number of piperidine rings is 1. The van der Waals surface area contributed by atoms with Crippen molar-refractivity contribution in [2.75, 3.05) is 18.4 Å². The molecule has 1 aliphatic heterocycles. The molecular formula is C23H26N6. The maximum Gasteiger partial charge on any atom is 0.103 e. The van der Waals surface area contributed by atoms with Crippen molar-refractivity contribution in [1.29, 1.82) is 0 Å². The van der Waals surface area contributed by atoms with E-state index in [1.807, 2.05) is 12.3 Å². The topological polar surface area (TPSA) is 70.6 Å². The first-order chi connectivity index (χ1) is 14.3. The molecule has 1 fully saturated rings. The number of aromatic nitrogens is 4. The van der Waals surface area contributed by atoms with E-state index in [0.717, 1.165) is 53.8 Å². The fraction of sp³-hybridized carbons (Fsp3) is 0.304. The second kappa shape index (κ2) is 7.72. The maximum atomic E-state index is 4.63. The molecule has 4 aromatic rings. The van der Waals surface area contributed by atoms with Crippen molar-refractivity contribution in [2.24, 2.45) is 0 Å². The van der Waals surface area contributed by atoms with E-state index in [2.05, 4.69) is 86.2 Å². The molecule has 148 valence electrons. The van der Waals surface area contributed by atoms with E-state index in [1.54, 1.807) is 0 Å². The van der Waals surface area contributed by atoms with Crippen molar-refractivity contribution < 1.29 is 0 Å². The van der Waals surface area contributed by atoms with Crippen LogP contribution in [0.15, 0.2) is 60.9 Å². The largest absolute Gasteiger partial charge is 0.379 e. The number of nitrogens with zero attached hydrogens (tertiary/aromatic N) is 3. The van der Waals surface area contributed by atoms with Crippen LogP contribution < -0.4 is 10.6 Å². The van der Waals surface area contributed by atoms with Gasteiger partial charge in [-0.25, -0.2) is 0 Å². The molecule has 1 unspecified atom stereocenters. The molecule has 0 saturated carbocycles. The van der Waals surface area contributed by atoms with Crippen molar-refractivity contribution in [2.45, 2.75) is 31.8 Å². The van der Waals surface area contributed by atoms with Gasteiger partial charge in [-0.2, -0.15) is 10.2 Å². The van der Waals surface area contributed by atoms with E-state index in [9.17, 15) is 0 Å². The Kier molecular flexibility index (Phi) is 4.77. The molecule has 1 atom stereocenters. The van der Waals surface area contributed by atoms with E-state index in [4.69, 9.17) is 0 Å². The van der Waals surface area contributed by atoms with Crippen LogP contribution in [0, 0.1) is 0 Å². The SMILES string of the molecule is CC(Nc1ccc2[nH]nc(-c3cnn(C4CCNCC4)c3)c2c1)c1ccccc1. The Morgan fingerprint density at radius 3 is 2.76 bits per heavy atom. The van der Waals surface area contributed by atoms with Crippen LogP contribution in [0.5, 0.6) is 0 Å². The molecule has 1 saturated heterocycles. The van der Waals surface area contributed by atoms with E-state index in [1.165, 1.54) is 5.56 Å². The zero-order valence-corrected chi connectivity index (χ0v) is 16.6. The fourth-order valence-electron chi connectivity index (χ4n) is 4.13. The number of benzene rings is 2. The summed E-state index contributed by atoms with van der Waals surface area (Å²) in [6.07, 6.45) is 6.31. The van der Waals surface area contributed by atoms with Gasteiger partial charge in [-0.05, 0) is 56.6 Å². The van der Waals surface area contributed by atoms with Gasteiger partial charge in [0, 0.05) is 28.9 Å². The number of fused-ring (bicyclic) bond motifs is 1. The van der Waals surface area contributed by atoms with Gasteiger partial charge in [0.1, 0.15) is 5.69 Å². The molecule has 2 aromatic heterocycles. The monoisotopic (exact) mass is 386 g/mol. The summed E-state index contributed by atoms with van der Waals surface area (Å²) < 4.78 is 2.11. The smallest absolute Gasteiger partial charge is 0.103 e. The summed E-state index contributed by atoms with van der Waals surface area (Å²) in [5.41, 5.74) is 5.40. The van der Waals surface area contributed by atoms with E-state index in [-0.39, 0.29) is 6.04 Å². The Labute approximate surface area is 170 Å². The third-order valence-corrected chi connectivity index (χ3v) is 5.80. The summed E-state index contributed by atoms with van der Waals surface area (Å²) in [6, 6.07) is 17.6. The first kappa shape index (κ1) is 17.9. The summed E-state index contributed by atoms with van der Waals surface area (Å²) >= 11 is 0. The van der Waals surface area contributed by atoms with Gasteiger partial charge < -0.3 is 10.6 Å². The molecule has 3 heterocycles. The summed E-state index contributed by atoms with van der Waals surface area (Å²) in [5.74, 6) is 0. The normalized spacial score (nSPS) is 16.2. The van der Waals surface area contributed by atoms with Gasteiger partial charge in [-0.1, -0.05) is 30.3 Å². The lowest BCUT2D eigenvalue weighted by atomic mass is 10.1. The Morgan fingerprint density at radius 1 is 1.10 bits per heavy atom. The molecule has 0 bridgehead atoms. The van der Waals surface area contributed by atoms with Crippen LogP contribution in [-0.4, -0.2) is 33.1 Å². The number of aromatic amines is 1. The maximum absolute atomic E-state index is 4.63. The quantitative estimate of drug-likeness (QED) is 0.471. The molecule has 0 spiro atoms. The van der Waals surface area contributed by atoms with Gasteiger partial charge in [0.25, 0.3) is 0 Å². The highest BCUT2D eigenvalue weighted by atomic mass is 15.3. The molecule has 2 aromatic carbocycles. The molecule has 6 nitrogen and oxygen atoms in total.